The lowest BCUT2D eigenvalue weighted by atomic mass is 10.1. The minimum Gasteiger partial charge on any atom is -0.355 e. The summed E-state index contributed by atoms with van der Waals surface area (Å²) >= 11 is 3.27. The Bertz CT molecular complexity index is 825. The van der Waals surface area contributed by atoms with Crippen LogP contribution in [0.5, 0.6) is 0 Å². The van der Waals surface area contributed by atoms with Crippen LogP contribution in [0, 0.1) is 0 Å². The highest BCUT2D eigenvalue weighted by atomic mass is 79.9. The van der Waals surface area contributed by atoms with Crippen LogP contribution in [-0.4, -0.2) is 56.4 Å². The van der Waals surface area contributed by atoms with Crippen molar-refractivity contribution in [3.05, 3.63) is 33.8 Å². The van der Waals surface area contributed by atoms with Crippen molar-refractivity contribution in [1.82, 2.24) is 14.9 Å². The molecule has 0 saturated carbocycles. The van der Waals surface area contributed by atoms with E-state index in [1.54, 1.807) is 18.2 Å². The number of sulfonamides is 1. The van der Waals surface area contributed by atoms with Crippen LogP contribution in [0.2, 0.25) is 0 Å². The summed E-state index contributed by atoms with van der Waals surface area (Å²) in [5.74, 6) is -0.995. The first-order valence-electron chi connectivity index (χ1n) is 8.15. The Morgan fingerprint density at radius 2 is 1.85 bits per heavy atom. The highest BCUT2D eigenvalue weighted by molar-refractivity contribution is 9.10. The summed E-state index contributed by atoms with van der Waals surface area (Å²) in [6.07, 6.45) is 0.469. The van der Waals surface area contributed by atoms with Gasteiger partial charge in [-0.25, -0.2) is 13.1 Å². The van der Waals surface area contributed by atoms with Gasteiger partial charge in [0, 0.05) is 30.5 Å². The first-order chi connectivity index (χ1) is 12.2. The van der Waals surface area contributed by atoms with Crippen molar-refractivity contribution >= 4 is 43.7 Å². The third-order valence-electron chi connectivity index (χ3n) is 3.87. The number of fused-ring (bicyclic) bond motifs is 1. The van der Waals surface area contributed by atoms with Crippen LogP contribution in [0.15, 0.2) is 22.7 Å². The molecular formula is C16H20BrN3O5S. The lowest BCUT2D eigenvalue weighted by Crippen LogP contribution is -2.36. The molecule has 1 aromatic rings. The van der Waals surface area contributed by atoms with Crippen molar-refractivity contribution in [1.29, 1.82) is 0 Å². The highest BCUT2D eigenvalue weighted by Crippen LogP contribution is 2.26. The Hall–Kier alpha value is -1.78. The molecule has 0 aromatic heterocycles. The molecule has 10 heteroatoms. The molecule has 142 valence electrons. The van der Waals surface area contributed by atoms with E-state index in [4.69, 9.17) is 0 Å². The molecule has 0 saturated heterocycles. The lowest BCUT2D eigenvalue weighted by Gasteiger charge is -2.13. The zero-order valence-corrected chi connectivity index (χ0v) is 16.7. The van der Waals surface area contributed by atoms with Gasteiger partial charge < -0.3 is 5.32 Å². The molecule has 0 spiro atoms. The average Bonchev–Trinajstić information content (AvgIpc) is 2.83. The van der Waals surface area contributed by atoms with E-state index in [0.29, 0.717) is 17.5 Å². The zero-order chi connectivity index (χ0) is 19.3. The van der Waals surface area contributed by atoms with Crippen LogP contribution in [-0.2, 0) is 14.8 Å². The number of carbonyl (C=O) groups excluding carboxylic acids is 3. The molecule has 3 amide bonds. The number of benzene rings is 1. The van der Waals surface area contributed by atoms with Crippen molar-refractivity contribution in [2.24, 2.45) is 0 Å². The van der Waals surface area contributed by atoms with Gasteiger partial charge in [0.2, 0.25) is 15.9 Å². The molecule has 0 unspecified atom stereocenters. The van der Waals surface area contributed by atoms with Crippen molar-refractivity contribution in [3.8, 4) is 0 Å². The van der Waals surface area contributed by atoms with Crippen LogP contribution in [0.3, 0.4) is 0 Å². The number of imide groups is 1. The summed E-state index contributed by atoms with van der Waals surface area (Å²) in [7, 11) is -3.27. The summed E-state index contributed by atoms with van der Waals surface area (Å²) in [6, 6.07) is 4.91. The number of rotatable bonds is 9. The molecule has 0 aliphatic carbocycles. The van der Waals surface area contributed by atoms with Gasteiger partial charge in [0.25, 0.3) is 11.8 Å². The molecule has 0 bridgehead atoms. The molecule has 1 heterocycles. The van der Waals surface area contributed by atoms with E-state index in [1.165, 1.54) is 6.92 Å². The van der Waals surface area contributed by atoms with E-state index in [2.05, 4.69) is 26.0 Å². The third-order valence-corrected chi connectivity index (χ3v) is 5.76. The summed E-state index contributed by atoms with van der Waals surface area (Å²) in [4.78, 5) is 37.4. The van der Waals surface area contributed by atoms with Crippen molar-refractivity contribution in [2.45, 2.75) is 19.8 Å². The SMILES string of the molecule is CCS(=O)(=O)NCCNC(=O)CCCN1C(=O)c2ccc(Br)cc2C1=O. The Kier molecular flexibility index (Phi) is 6.90. The molecular weight excluding hydrogens is 426 g/mol. The second-order valence-electron chi connectivity index (χ2n) is 5.70. The fraction of sp³-hybridized carbons (Fsp3) is 0.438. The number of nitrogens with one attached hydrogen (secondary N) is 2. The van der Waals surface area contributed by atoms with Gasteiger partial charge >= 0.3 is 0 Å². The second-order valence-corrected chi connectivity index (χ2v) is 8.71. The van der Waals surface area contributed by atoms with E-state index in [0.717, 1.165) is 9.37 Å². The lowest BCUT2D eigenvalue weighted by molar-refractivity contribution is -0.121. The minimum atomic E-state index is -3.27. The molecule has 8 nitrogen and oxygen atoms in total. The number of carbonyl (C=O) groups is 3. The van der Waals surface area contributed by atoms with Gasteiger partial charge in [-0.05, 0) is 31.5 Å². The number of hydrogen-bond donors (Lipinski definition) is 2. The molecule has 0 atom stereocenters. The van der Waals surface area contributed by atoms with E-state index in [1.807, 2.05) is 0 Å². The maximum absolute atomic E-state index is 12.3. The van der Waals surface area contributed by atoms with E-state index in [-0.39, 0.29) is 49.5 Å². The number of amides is 3. The monoisotopic (exact) mass is 445 g/mol. The molecule has 26 heavy (non-hydrogen) atoms. The summed E-state index contributed by atoms with van der Waals surface area (Å²) in [6.45, 7) is 1.98. The number of halogens is 1. The summed E-state index contributed by atoms with van der Waals surface area (Å²) in [5, 5.41) is 2.59. The van der Waals surface area contributed by atoms with E-state index in [9.17, 15) is 22.8 Å². The van der Waals surface area contributed by atoms with Gasteiger partial charge in [-0.15, -0.1) is 0 Å². The fourth-order valence-corrected chi connectivity index (χ4v) is 3.44. The average molecular weight is 446 g/mol. The number of hydrogen-bond acceptors (Lipinski definition) is 5. The van der Waals surface area contributed by atoms with Gasteiger partial charge in [-0.2, -0.15) is 0 Å². The highest BCUT2D eigenvalue weighted by Gasteiger charge is 2.35. The predicted molar refractivity (Wildman–Crippen MR) is 99.2 cm³/mol. The van der Waals surface area contributed by atoms with Crippen LogP contribution in [0.25, 0.3) is 0 Å². The Labute approximate surface area is 160 Å². The molecule has 2 N–H and O–H groups in total. The topological polar surface area (TPSA) is 113 Å². The van der Waals surface area contributed by atoms with Crippen molar-refractivity contribution < 1.29 is 22.8 Å². The summed E-state index contributed by atoms with van der Waals surface area (Å²) in [5.41, 5.74) is 0.725. The van der Waals surface area contributed by atoms with Gasteiger partial charge in [-0.3, -0.25) is 19.3 Å². The van der Waals surface area contributed by atoms with Crippen LogP contribution in [0.4, 0.5) is 0 Å². The zero-order valence-electron chi connectivity index (χ0n) is 14.2. The second kappa shape index (κ2) is 8.74. The van der Waals surface area contributed by atoms with Crippen molar-refractivity contribution in [2.75, 3.05) is 25.4 Å². The van der Waals surface area contributed by atoms with Gasteiger partial charge in [0.15, 0.2) is 0 Å². The summed E-state index contributed by atoms with van der Waals surface area (Å²) < 4.78 is 25.6. The molecule has 0 radical (unpaired) electrons. The first kappa shape index (κ1) is 20.5. The first-order valence-corrected chi connectivity index (χ1v) is 10.6. The largest absolute Gasteiger partial charge is 0.355 e. The molecule has 1 aliphatic heterocycles. The molecule has 2 rings (SSSR count). The quantitative estimate of drug-likeness (QED) is 0.432. The van der Waals surface area contributed by atoms with Crippen LogP contribution in [0.1, 0.15) is 40.5 Å². The van der Waals surface area contributed by atoms with Gasteiger partial charge in [0.05, 0.1) is 16.9 Å². The van der Waals surface area contributed by atoms with Crippen LogP contribution < -0.4 is 10.0 Å². The van der Waals surface area contributed by atoms with Crippen molar-refractivity contribution in [3.63, 3.8) is 0 Å². The fourth-order valence-electron chi connectivity index (χ4n) is 2.46. The Balaban J connectivity index is 1.74. The molecule has 0 fully saturated rings. The standard InChI is InChI=1S/C16H20BrN3O5S/c1-2-26(24,25)19-8-7-18-14(21)4-3-9-20-15(22)12-6-5-11(17)10-13(12)16(20)23/h5-6,10,19H,2-4,7-9H2,1H3,(H,18,21). The number of nitrogens with zero attached hydrogens (tertiary/aromatic N) is 1. The maximum Gasteiger partial charge on any atom is 0.261 e. The third kappa shape index (κ3) is 5.12. The van der Waals surface area contributed by atoms with Gasteiger partial charge in [0.1, 0.15) is 0 Å². The minimum absolute atomic E-state index is 0.0161. The Morgan fingerprint density at radius 1 is 1.15 bits per heavy atom. The van der Waals surface area contributed by atoms with Crippen LogP contribution >= 0.6 is 15.9 Å². The Morgan fingerprint density at radius 3 is 2.54 bits per heavy atom. The normalized spacial score (nSPS) is 13.8. The molecule has 1 aromatic carbocycles. The smallest absolute Gasteiger partial charge is 0.261 e. The molecule has 1 aliphatic rings. The van der Waals surface area contributed by atoms with E-state index < -0.39 is 10.0 Å². The van der Waals surface area contributed by atoms with E-state index >= 15 is 0 Å². The predicted octanol–water partition coefficient (Wildman–Crippen LogP) is 0.881. The van der Waals surface area contributed by atoms with Gasteiger partial charge in [-0.1, -0.05) is 15.9 Å². The maximum atomic E-state index is 12.3.